The van der Waals surface area contributed by atoms with Crippen LogP contribution in [0.1, 0.15) is 18.6 Å². The molecule has 3 heteroatoms. The number of nitrogens with two attached hydrogens (primary N) is 1. The van der Waals surface area contributed by atoms with Crippen molar-refractivity contribution in [2.24, 2.45) is 5.73 Å². The van der Waals surface area contributed by atoms with Crippen LogP contribution in [-0.4, -0.2) is 16.1 Å². The van der Waals surface area contributed by atoms with Crippen LogP contribution in [0.3, 0.4) is 0 Å². The Morgan fingerprint density at radius 2 is 2.07 bits per heavy atom. The molecule has 3 nitrogen and oxygen atoms in total. The highest BCUT2D eigenvalue weighted by molar-refractivity contribution is 5.83. The summed E-state index contributed by atoms with van der Waals surface area (Å²) >= 11 is 0. The van der Waals surface area contributed by atoms with Crippen LogP contribution in [0.5, 0.6) is 0 Å². The van der Waals surface area contributed by atoms with E-state index in [0.717, 1.165) is 16.5 Å². The SMILES string of the molecule is CC(N)C(O)c1c[nH]c2ccccc12. The highest BCUT2D eigenvalue weighted by Gasteiger charge is 2.15. The fraction of sp³-hybridized carbons (Fsp3) is 0.273. The minimum absolute atomic E-state index is 0.255. The van der Waals surface area contributed by atoms with Gasteiger partial charge >= 0.3 is 0 Å². The minimum atomic E-state index is -0.605. The largest absolute Gasteiger partial charge is 0.387 e. The Morgan fingerprint density at radius 3 is 2.79 bits per heavy atom. The molecule has 2 rings (SSSR count). The van der Waals surface area contributed by atoms with Crippen molar-refractivity contribution in [1.82, 2.24) is 4.98 Å². The maximum Gasteiger partial charge on any atom is 0.0958 e. The van der Waals surface area contributed by atoms with Gasteiger partial charge in [-0.1, -0.05) is 18.2 Å². The third kappa shape index (κ3) is 1.41. The number of aliphatic hydroxyl groups excluding tert-OH is 1. The van der Waals surface area contributed by atoms with Crippen LogP contribution in [0.2, 0.25) is 0 Å². The molecule has 0 amide bonds. The second-order valence-corrected chi connectivity index (χ2v) is 3.59. The van der Waals surface area contributed by atoms with Gasteiger partial charge in [0.25, 0.3) is 0 Å². The van der Waals surface area contributed by atoms with Crippen LogP contribution in [0.4, 0.5) is 0 Å². The number of aliphatic hydroxyl groups is 1. The van der Waals surface area contributed by atoms with Crippen molar-refractivity contribution in [3.63, 3.8) is 0 Å². The Kier molecular flexibility index (Phi) is 2.27. The number of hydrogen-bond donors (Lipinski definition) is 3. The molecule has 0 saturated carbocycles. The fourth-order valence-electron chi connectivity index (χ4n) is 1.62. The quantitative estimate of drug-likeness (QED) is 0.672. The normalized spacial score (nSPS) is 15.6. The van der Waals surface area contributed by atoms with E-state index in [0.29, 0.717) is 0 Å². The molecule has 74 valence electrons. The van der Waals surface area contributed by atoms with Crippen LogP contribution < -0.4 is 5.73 Å². The molecule has 0 aliphatic heterocycles. The molecular formula is C11H14N2O. The number of aromatic nitrogens is 1. The van der Waals surface area contributed by atoms with E-state index in [9.17, 15) is 5.11 Å². The summed E-state index contributed by atoms with van der Waals surface area (Å²) in [5.41, 5.74) is 7.56. The predicted molar refractivity (Wildman–Crippen MR) is 56.9 cm³/mol. The number of hydrogen-bond acceptors (Lipinski definition) is 2. The lowest BCUT2D eigenvalue weighted by Gasteiger charge is -2.13. The molecule has 0 saturated heterocycles. The molecule has 0 bridgehead atoms. The number of fused-ring (bicyclic) bond motifs is 1. The van der Waals surface area contributed by atoms with Crippen LogP contribution in [-0.2, 0) is 0 Å². The zero-order valence-electron chi connectivity index (χ0n) is 8.07. The van der Waals surface area contributed by atoms with E-state index in [2.05, 4.69) is 4.98 Å². The molecular weight excluding hydrogens is 176 g/mol. The van der Waals surface area contributed by atoms with E-state index in [-0.39, 0.29) is 6.04 Å². The summed E-state index contributed by atoms with van der Waals surface area (Å²) in [6.45, 7) is 1.80. The first-order valence-electron chi connectivity index (χ1n) is 4.70. The number of rotatable bonds is 2. The van der Waals surface area contributed by atoms with Crippen molar-refractivity contribution in [2.75, 3.05) is 0 Å². The molecule has 0 aliphatic rings. The summed E-state index contributed by atoms with van der Waals surface area (Å²) in [7, 11) is 0. The second-order valence-electron chi connectivity index (χ2n) is 3.59. The van der Waals surface area contributed by atoms with Gasteiger partial charge in [0.1, 0.15) is 0 Å². The van der Waals surface area contributed by atoms with Crippen molar-refractivity contribution in [3.8, 4) is 0 Å². The van der Waals surface area contributed by atoms with Gasteiger partial charge in [-0.2, -0.15) is 0 Å². The lowest BCUT2D eigenvalue weighted by Crippen LogP contribution is -2.24. The lowest BCUT2D eigenvalue weighted by atomic mass is 10.0. The minimum Gasteiger partial charge on any atom is -0.387 e. The highest BCUT2D eigenvalue weighted by Crippen LogP contribution is 2.25. The Labute approximate surface area is 82.6 Å². The predicted octanol–water partition coefficient (Wildman–Crippen LogP) is 1.55. The van der Waals surface area contributed by atoms with Crippen molar-refractivity contribution in [3.05, 3.63) is 36.0 Å². The van der Waals surface area contributed by atoms with Gasteiger partial charge in [0.2, 0.25) is 0 Å². The topological polar surface area (TPSA) is 62.0 Å². The van der Waals surface area contributed by atoms with Gasteiger partial charge < -0.3 is 15.8 Å². The molecule has 2 unspecified atom stereocenters. The van der Waals surface area contributed by atoms with Crippen molar-refractivity contribution < 1.29 is 5.11 Å². The smallest absolute Gasteiger partial charge is 0.0958 e. The van der Waals surface area contributed by atoms with Gasteiger partial charge in [0.15, 0.2) is 0 Å². The van der Waals surface area contributed by atoms with Gasteiger partial charge in [-0.05, 0) is 13.0 Å². The first-order valence-corrected chi connectivity index (χ1v) is 4.70. The molecule has 2 atom stereocenters. The molecule has 1 heterocycles. The molecule has 1 aromatic heterocycles. The van der Waals surface area contributed by atoms with Crippen LogP contribution in [0, 0.1) is 0 Å². The molecule has 0 fully saturated rings. The molecule has 2 aromatic rings. The average Bonchev–Trinajstić information content (AvgIpc) is 2.60. The Bertz CT molecular complexity index is 434. The number of benzene rings is 1. The Balaban J connectivity index is 2.53. The number of para-hydroxylation sites is 1. The van der Waals surface area contributed by atoms with E-state index in [1.165, 1.54) is 0 Å². The third-order valence-corrected chi connectivity index (χ3v) is 2.44. The maximum absolute atomic E-state index is 9.84. The third-order valence-electron chi connectivity index (χ3n) is 2.44. The summed E-state index contributed by atoms with van der Waals surface area (Å²) in [5.74, 6) is 0. The van der Waals surface area contributed by atoms with Crippen LogP contribution in [0.25, 0.3) is 10.9 Å². The summed E-state index contributed by atoms with van der Waals surface area (Å²) in [5, 5.41) is 10.9. The first kappa shape index (κ1) is 9.24. The zero-order valence-corrected chi connectivity index (χ0v) is 8.07. The van der Waals surface area contributed by atoms with Crippen molar-refractivity contribution >= 4 is 10.9 Å². The summed E-state index contributed by atoms with van der Waals surface area (Å²) in [6.07, 6.45) is 1.21. The lowest BCUT2D eigenvalue weighted by molar-refractivity contribution is 0.155. The number of nitrogens with one attached hydrogen (secondary N) is 1. The molecule has 0 aliphatic carbocycles. The maximum atomic E-state index is 9.84. The summed E-state index contributed by atoms with van der Waals surface area (Å²) in [6, 6.07) is 7.61. The number of H-pyrrole nitrogens is 1. The molecule has 0 spiro atoms. The van der Waals surface area contributed by atoms with Crippen LogP contribution >= 0.6 is 0 Å². The van der Waals surface area contributed by atoms with Crippen molar-refractivity contribution in [1.29, 1.82) is 0 Å². The molecule has 0 radical (unpaired) electrons. The summed E-state index contributed by atoms with van der Waals surface area (Å²) < 4.78 is 0. The van der Waals surface area contributed by atoms with E-state index >= 15 is 0 Å². The first-order chi connectivity index (χ1) is 6.70. The highest BCUT2D eigenvalue weighted by atomic mass is 16.3. The fourth-order valence-corrected chi connectivity index (χ4v) is 1.62. The standard InChI is InChI=1S/C11H14N2O/c1-7(12)11(14)9-6-13-10-5-3-2-4-8(9)10/h2-7,11,13-14H,12H2,1H3. The molecule has 4 N–H and O–H groups in total. The van der Waals surface area contributed by atoms with E-state index in [1.54, 1.807) is 6.92 Å². The Hall–Kier alpha value is -1.32. The van der Waals surface area contributed by atoms with Gasteiger partial charge in [-0.3, -0.25) is 0 Å². The van der Waals surface area contributed by atoms with Gasteiger partial charge in [0.05, 0.1) is 6.10 Å². The molecule has 14 heavy (non-hydrogen) atoms. The average molecular weight is 190 g/mol. The van der Waals surface area contributed by atoms with Crippen molar-refractivity contribution in [2.45, 2.75) is 19.1 Å². The van der Waals surface area contributed by atoms with Gasteiger partial charge in [-0.25, -0.2) is 0 Å². The molecule has 1 aromatic carbocycles. The van der Waals surface area contributed by atoms with E-state index in [1.807, 2.05) is 30.5 Å². The monoisotopic (exact) mass is 190 g/mol. The van der Waals surface area contributed by atoms with Gasteiger partial charge in [0, 0.05) is 28.7 Å². The van der Waals surface area contributed by atoms with E-state index in [4.69, 9.17) is 5.73 Å². The number of aromatic amines is 1. The van der Waals surface area contributed by atoms with Gasteiger partial charge in [-0.15, -0.1) is 0 Å². The summed E-state index contributed by atoms with van der Waals surface area (Å²) in [4.78, 5) is 3.11. The van der Waals surface area contributed by atoms with Crippen LogP contribution in [0.15, 0.2) is 30.5 Å². The zero-order chi connectivity index (χ0) is 10.1. The second kappa shape index (κ2) is 3.44. The van der Waals surface area contributed by atoms with E-state index < -0.39 is 6.10 Å². The Morgan fingerprint density at radius 1 is 1.36 bits per heavy atom.